The molecule has 3 nitrogen and oxygen atoms in total. The fraction of sp³-hybridized carbons (Fsp3) is 0.462. The smallest absolute Gasteiger partial charge is 0.190 e. The molecule has 1 atom stereocenters. The van der Waals surface area contributed by atoms with Gasteiger partial charge < -0.3 is 9.84 Å². The van der Waals surface area contributed by atoms with Crippen molar-refractivity contribution in [1.82, 2.24) is 0 Å². The van der Waals surface area contributed by atoms with Gasteiger partial charge in [-0.3, -0.25) is 4.79 Å². The number of hydrogen-bond donors (Lipinski definition) is 1. The maximum absolute atomic E-state index is 13.5. The fourth-order valence-electron chi connectivity index (χ4n) is 1.17. The first-order valence-electron chi connectivity index (χ1n) is 5.57. The zero-order chi connectivity index (χ0) is 13.9. The average Bonchev–Trinajstić information content (AvgIpc) is 2.27. The van der Waals surface area contributed by atoms with Gasteiger partial charge in [-0.1, -0.05) is 13.8 Å². The van der Waals surface area contributed by atoms with Gasteiger partial charge in [0.1, 0.15) is 12.9 Å². The van der Waals surface area contributed by atoms with Crippen LogP contribution in [0, 0.1) is 17.6 Å². The van der Waals surface area contributed by atoms with Crippen molar-refractivity contribution in [2.24, 2.45) is 5.92 Å². The number of aliphatic hydroxyl groups is 1. The molecule has 0 amide bonds. The second-order valence-electron chi connectivity index (χ2n) is 4.73. The third-order valence-corrected chi connectivity index (χ3v) is 2.91. The Hall–Kier alpha value is -1.49. The lowest BCUT2D eigenvalue weighted by Gasteiger charge is -2.27. The zero-order valence-corrected chi connectivity index (χ0v) is 10.5. The minimum Gasteiger partial charge on any atom is -0.485 e. The molecule has 0 aromatic heterocycles. The summed E-state index contributed by atoms with van der Waals surface area (Å²) in [6, 6.07) is 1.77. The highest BCUT2D eigenvalue weighted by molar-refractivity contribution is 5.75. The van der Waals surface area contributed by atoms with Crippen LogP contribution in [0.1, 0.15) is 31.1 Å². The molecule has 18 heavy (non-hydrogen) atoms. The van der Waals surface area contributed by atoms with E-state index in [4.69, 9.17) is 4.74 Å². The van der Waals surface area contributed by atoms with Crippen molar-refractivity contribution in [1.29, 1.82) is 0 Å². The predicted molar refractivity (Wildman–Crippen MR) is 62.7 cm³/mol. The number of aldehydes is 1. The summed E-state index contributed by atoms with van der Waals surface area (Å²) >= 11 is 0. The summed E-state index contributed by atoms with van der Waals surface area (Å²) in [5.74, 6) is -2.63. The highest BCUT2D eigenvalue weighted by Crippen LogP contribution is 2.25. The lowest BCUT2D eigenvalue weighted by atomic mass is 9.94. The van der Waals surface area contributed by atoms with Gasteiger partial charge in [0.05, 0.1) is 5.60 Å². The molecule has 0 aliphatic carbocycles. The monoisotopic (exact) mass is 258 g/mol. The van der Waals surface area contributed by atoms with Crippen molar-refractivity contribution in [2.45, 2.75) is 26.4 Å². The topological polar surface area (TPSA) is 46.5 Å². The van der Waals surface area contributed by atoms with E-state index in [-0.39, 0.29) is 18.1 Å². The number of carbonyl (C=O) groups excluding carboxylic acids is 1. The Kier molecular flexibility index (Phi) is 4.40. The molecule has 0 bridgehead atoms. The number of halogens is 2. The fourth-order valence-corrected chi connectivity index (χ4v) is 1.17. The first kappa shape index (κ1) is 14.6. The largest absolute Gasteiger partial charge is 0.485 e. The molecule has 5 heteroatoms. The lowest BCUT2D eigenvalue weighted by Crippen LogP contribution is -2.38. The van der Waals surface area contributed by atoms with Crippen LogP contribution in [-0.2, 0) is 0 Å². The van der Waals surface area contributed by atoms with Gasteiger partial charge in [0.25, 0.3) is 0 Å². The summed E-state index contributed by atoms with van der Waals surface area (Å²) in [6.45, 7) is 4.82. The number of rotatable bonds is 5. The zero-order valence-electron chi connectivity index (χ0n) is 10.5. The average molecular weight is 258 g/mol. The minimum atomic E-state index is -1.19. The first-order chi connectivity index (χ1) is 8.27. The summed E-state index contributed by atoms with van der Waals surface area (Å²) in [5.41, 5.74) is -1.30. The Bertz CT molecular complexity index is 419. The van der Waals surface area contributed by atoms with Crippen LogP contribution < -0.4 is 4.74 Å². The van der Waals surface area contributed by atoms with E-state index in [0.717, 1.165) is 12.1 Å². The molecule has 0 aliphatic heterocycles. The Balaban J connectivity index is 2.89. The van der Waals surface area contributed by atoms with E-state index in [1.165, 1.54) is 6.92 Å². The Morgan fingerprint density at radius 1 is 1.39 bits per heavy atom. The molecule has 0 saturated carbocycles. The molecule has 0 aliphatic rings. The minimum absolute atomic E-state index is 0.104. The van der Waals surface area contributed by atoms with Gasteiger partial charge in [-0.15, -0.1) is 0 Å². The van der Waals surface area contributed by atoms with Crippen molar-refractivity contribution in [2.75, 3.05) is 6.61 Å². The number of hydrogen-bond acceptors (Lipinski definition) is 3. The summed E-state index contributed by atoms with van der Waals surface area (Å²) in [4.78, 5) is 10.4. The van der Waals surface area contributed by atoms with E-state index >= 15 is 0 Å². The molecule has 100 valence electrons. The van der Waals surface area contributed by atoms with Gasteiger partial charge in [0.2, 0.25) is 0 Å². The maximum atomic E-state index is 13.5. The van der Waals surface area contributed by atoms with Crippen LogP contribution in [0.2, 0.25) is 0 Å². The standard InChI is InChI=1S/C13H16F2O3/c1-8(2)13(3,17)7-18-12-10(14)4-9(6-16)5-11(12)15/h4-6,8,17H,7H2,1-3H3. The molecule has 1 aromatic carbocycles. The Morgan fingerprint density at radius 2 is 1.89 bits per heavy atom. The first-order valence-corrected chi connectivity index (χ1v) is 5.57. The third-order valence-electron chi connectivity index (χ3n) is 2.91. The van der Waals surface area contributed by atoms with Crippen molar-refractivity contribution >= 4 is 6.29 Å². The SMILES string of the molecule is CC(C)C(C)(O)COc1c(F)cc(C=O)cc1F. The highest BCUT2D eigenvalue weighted by atomic mass is 19.1. The molecule has 0 heterocycles. The van der Waals surface area contributed by atoms with E-state index in [9.17, 15) is 18.7 Å². The van der Waals surface area contributed by atoms with Crippen LogP contribution in [0.4, 0.5) is 8.78 Å². The molecule has 1 unspecified atom stereocenters. The summed E-state index contributed by atoms with van der Waals surface area (Å²) in [5, 5.41) is 9.91. The predicted octanol–water partition coefficient (Wildman–Crippen LogP) is 2.56. The van der Waals surface area contributed by atoms with Crippen LogP contribution in [-0.4, -0.2) is 23.6 Å². The second-order valence-corrected chi connectivity index (χ2v) is 4.73. The van der Waals surface area contributed by atoms with Crippen molar-refractivity contribution in [3.63, 3.8) is 0 Å². The van der Waals surface area contributed by atoms with Crippen LogP contribution in [0.3, 0.4) is 0 Å². The summed E-state index contributed by atoms with van der Waals surface area (Å²) in [7, 11) is 0. The summed E-state index contributed by atoms with van der Waals surface area (Å²) < 4.78 is 31.9. The molecule has 1 aromatic rings. The van der Waals surface area contributed by atoms with E-state index in [1.807, 2.05) is 0 Å². The maximum Gasteiger partial charge on any atom is 0.190 e. The van der Waals surface area contributed by atoms with E-state index in [2.05, 4.69) is 0 Å². The molecule has 0 saturated heterocycles. The summed E-state index contributed by atoms with van der Waals surface area (Å²) in [6.07, 6.45) is 0.347. The third kappa shape index (κ3) is 3.26. The van der Waals surface area contributed by atoms with Gasteiger partial charge in [0, 0.05) is 5.56 Å². The van der Waals surface area contributed by atoms with Crippen LogP contribution in [0.5, 0.6) is 5.75 Å². The van der Waals surface area contributed by atoms with Crippen LogP contribution in [0.25, 0.3) is 0 Å². The number of ether oxygens (including phenoxy) is 1. The lowest BCUT2D eigenvalue weighted by molar-refractivity contribution is -0.0284. The Labute approximate surface area is 104 Å². The molecule has 1 rings (SSSR count). The molecule has 0 fully saturated rings. The van der Waals surface area contributed by atoms with Gasteiger partial charge in [-0.25, -0.2) is 8.78 Å². The van der Waals surface area contributed by atoms with Gasteiger partial charge in [-0.2, -0.15) is 0 Å². The van der Waals surface area contributed by atoms with E-state index in [0.29, 0.717) is 6.29 Å². The molecule has 0 spiro atoms. The molecular formula is C13H16F2O3. The number of benzene rings is 1. The van der Waals surface area contributed by atoms with E-state index < -0.39 is 23.0 Å². The van der Waals surface area contributed by atoms with Gasteiger partial charge in [0.15, 0.2) is 17.4 Å². The van der Waals surface area contributed by atoms with Gasteiger partial charge in [-0.05, 0) is 25.0 Å². The van der Waals surface area contributed by atoms with E-state index in [1.54, 1.807) is 13.8 Å². The van der Waals surface area contributed by atoms with Crippen LogP contribution >= 0.6 is 0 Å². The Morgan fingerprint density at radius 3 is 2.28 bits per heavy atom. The normalized spacial score (nSPS) is 14.4. The second kappa shape index (κ2) is 5.44. The van der Waals surface area contributed by atoms with Crippen molar-refractivity contribution < 1.29 is 23.4 Å². The van der Waals surface area contributed by atoms with Crippen LogP contribution in [0.15, 0.2) is 12.1 Å². The van der Waals surface area contributed by atoms with Crippen molar-refractivity contribution in [3.05, 3.63) is 29.3 Å². The molecule has 0 radical (unpaired) electrons. The number of carbonyl (C=O) groups is 1. The molecular weight excluding hydrogens is 242 g/mol. The quantitative estimate of drug-likeness (QED) is 0.826. The van der Waals surface area contributed by atoms with Crippen molar-refractivity contribution in [3.8, 4) is 5.75 Å². The molecule has 1 N–H and O–H groups in total. The van der Waals surface area contributed by atoms with Gasteiger partial charge >= 0.3 is 0 Å². The highest BCUT2D eigenvalue weighted by Gasteiger charge is 2.27.